The number of carbonyl (C=O) groups is 3. The quantitative estimate of drug-likeness (QED) is 0.0262. The summed E-state index contributed by atoms with van der Waals surface area (Å²) in [4.78, 5) is 38.0. The van der Waals surface area contributed by atoms with Crippen LogP contribution in [0.5, 0.6) is 0 Å². The molecule has 0 amide bonds. The van der Waals surface area contributed by atoms with E-state index in [-0.39, 0.29) is 31.1 Å². The minimum absolute atomic E-state index is 0.0794. The number of allylic oxidation sites excluding steroid dienone is 8. The van der Waals surface area contributed by atoms with Crippen LogP contribution in [0.1, 0.15) is 278 Å². The number of unbranched alkanes of at least 4 members (excludes halogenated alkanes) is 30. The lowest BCUT2D eigenvalue weighted by molar-refractivity contribution is -0.167. The molecular weight excluding hydrogens is 781 g/mol. The summed E-state index contributed by atoms with van der Waals surface area (Å²) in [6, 6.07) is 0. The molecule has 0 rings (SSSR count). The van der Waals surface area contributed by atoms with Crippen molar-refractivity contribution in [1.82, 2.24) is 0 Å². The molecule has 0 aromatic carbocycles. The molecule has 6 heteroatoms. The maximum Gasteiger partial charge on any atom is 0.306 e. The van der Waals surface area contributed by atoms with Gasteiger partial charge in [0.2, 0.25) is 0 Å². The molecule has 0 spiro atoms. The second kappa shape index (κ2) is 52.0. The monoisotopic (exact) mass is 883 g/mol. The van der Waals surface area contributed by atoms with Crippen molar-refractivity contribution in [3.8, 4) is 0 Å². The first-order chi connectivity index (χ1) is 31.0. The number of esters is 3. The van der Waals surface area contributed by atoms with E-state index in [2.05, 4.69) is 69.4 Å². The zero-order valence-corrected chi connectivity index (χ0v) is 41.8. The molecule has 0 aromatic rings. The second-order valence-corrected chi connectivity index (χ2v) is 18.1. The van der Waals surface area contributed by atoms with Gasteiger partial charge in [-0.3, -0.25) is 14.4 Å². The molecule has 63 heavy (non-hydrogen) atoms. The highest BCUT2D eigenvalue weighted by Crippen LogP contribution is 2.15. The van der Waals surface area contributed by atoms with Crippen LogP contribution in [0.25, 0.3) is 0 Å². The molecular formula is C57H102O6. The third kappa shape index (κ3) is 50.2. The van der Waals surface area contributed by atoms with Crippen molar-refractivity contribution in [2.75, 3.05) is 13.2 Å². The van der Waals surface area contributed by atoms with Crippen LogP contribution in [0.3, 0.4) is 0 Å². The predicted molar refractivity (Wildman–Crippen MR) is 270 cm³/mol. The Bertz CT molecular complexity index is 1110. The number of carbonyl (C=O) groups excluding carboxylic acids is 3. The van der Waals surface area contributed by atoms with Crippen molar-refractivity contribution in [1.29, 1.82) is 0 Å². The van der Waals surface area contributed by atoms with Crippen LogP contribution in [0.2, 0.25) is 0 Å². The van der Waals surface area contributed by atoms with Gasteiger partial charge in [-0.25, -0.2) is 0 Å². The fourth-order valence-corrected chi connectivity index (χ4v) is 7.68. The Morgan fingerprint density at radius 1 is 0.317 bits per heavy atom. The van der Waals surface area contributed by atoms with Crippen molar-refractivity contribution in [3.05, 3.63) is 48.6 Å². The first-order valence-electron chi connectivity index (χ1n) is 27.1. The van der Waals surface area contributed by atoms with Gasteiger partial charge in [-0.15, -0.1) is 0 Å². The van der Waals surface area contributed by atoms with E-state index in [4.69, 9.17) is 14.2 Å². The van der Waals surface area contributed by atoms with Crippen LogP contribution in [0, 0.1) is 0 Å². The van der Waals surface area contributed by atoms with Gasteiger partial charge in [0, 0.05) is 19.3 Å². The van der Waals surface area contributed by atoms with Gasteiger partial charge in [-0.1, -0.05) is 223 Å². The van der Waals surface area contributed by atoms with E-state index in [1.54, 1.807) is 0 Å². The molecule has 0 aliphatic rings. The lowest BCUT2D eigenvalue weighted by Gasteiger charge is -2.18. The summed E-state index contributed by atoms with van der Waals surface area (Å²) in [5, 5.41) is 0. The van der Waals surface area contributed by atoms with Crippen molar-refractivity contribution in [2.24, 2.45) is 0 Å². The van der Waals surface area contributed by atoms with Gasteiger partial charge in [0.1, 0.15) is 13.2 Å². The molecule has 6 nitrogen and oxygen atoms in total. The molecule has 0 heterocycles. The molecule has 366 valence electrons. The molecule has 0 fully saturated rings. The highest BCUT2D eigenvalue weighted by Gasteiger charge is 2.19. The van der Waals surface area contributed by atoms with E-state index in [0.717, 1.165) is 83.5 Å². The van der Waals surface area contributed by atoms with Crippen molar-refractivity contribution in [3.63, 3.8) is 0 Å². The summed E-state index contributed by atoms with van der Waals surface area (Å²) in [5.41, 5.74) is 0. The van der Waals surface area contributed by atoms with Gasteiger partial charge >= 0.3 is 17.9 Å². The number of hydrogen-bond acceptors (Lipinski definition) is 6. The molecule has 0 unspecified atom stereocenters. The van der Waals surface area contributed by atoms with Gasteiger partial charge in [0.25, 0.3) is 0 Å². The minimum atomic E-state index is -0.778. The zero-order chi connectivity index (χ0) is 45.8. The Labute approximate surface area is 390 Å². The van der Waals surface area contributed by atoms with Gasteiger partial charge < -0.3 is 14.2 Å². The van der Waals surface area contributed by atoms with Gasteiger partial charge in [-0.05, 0) is 83.5 Å². The number of hydrogen-bond donors (Lipinski definition) is 0. The molecule has 0 aliphatic carbocycles. The number of ether oxygens (including phenoxy) is 3. The third-order valence-corrected chi connectivity index (χ3v) is 11.8. The topological polar surface area (TPSA) is 78.9 Å². The van der Waals surface area contributed by atoms with Crippen molar-refractivity contribution >= 4 is 17.9 Å². The second-order valence-electron chi connectivity index (χ2n) is 18.1. The van der Waals surface area contributed by atoms with E-state index >= 15 is 0 Å². The van der Waals surface area contributed by atoms with Crippen molar-refractivity contribution < 1.29 is 28.6 Å². The molecule has 1 atom stereocenters. The van der Waals surface area contributed by atoms with E-state index in [0.29, 0.717) is 19.3 Å². The van der Waals surface area contributed by atoms with Gasteiger partial charge in [-0.2, -0.15) is 0 Å². The van der Waals surface area contributed by atoms with Gasteiger partial charge in [0.05, 0.1) is 0 Å². The highest BCUT2D eigenvalue weighted by molar-refractivity contribution is 5.71. The minimum Gasteiger partial charge on any atom is -0.462 e. The molecule has 0 aromatic heterocycles. The standard InChI is InChI=1S/C57H102O6/c1-4-7-10-13-16-19-22-25-27-28-29-30-31-33-35-38-41-44-47-50-56(59)62-53-54(52-61-55(58)49-46-43-40-37-34-24-21-18-15-12-9-6-3)63-57(60)51-48-45-42-39-36-32-26-23-20-17-14-11-8-5-2/h16,18-19,21,25,27,29-30,54H,4-15,17,20,22-24,26,28,31-53H2,1-3H3/b19-16-,21-18-,27-25-,30-29-/t54-/m1/s1. The van der Waals surface area contributed by atoms with Crippen molar-refractivity contribution in [2.45, 2.75) is 284 Å². The average Bonchev–Trinajstić information content (AvgIpc) is 3.28. The van der Waals surface area contributed by atoms with Crippen LogP contribution >= 0.6 is 0 Å². The summed E-state index contributed by atoms with van der Waals surface area (Å²) in [6.45, 7) is 6.59. The molecule has 0 N–H and O–H groups in total. The summed E-state index contributed by atoms with van der Waals surface area (Å²) in [6.07, 6.45) is 62.3. The molecule has 0 aliphatic heterocycles. The Hall–Kier alpha value is -2.63. The van der Waals surface area contributed by atoms with E-state index in [9.17, 15) is 14.4 Å². The van der Waals surface area contributed by atoms with E-state index in [1.165, 1.54) is 154 Å². The van der Waals surface area contributed by atoms with Crippen LogP contribution in [0.4, 0.5) is 0 Å². The maximum atomic E-state index is 12.8. The summed E-state index contributed by atoms with van der Waals surface area (Å²) in [7, 11) is 0. The smallest absolute Gasteiger partial charge is 0.306 e. The Balaban J connectivity index is 4.36. The third-order valence-electron chi connectivity index (χ3n) is 11.8. The first kappa shape index (κ1) is 60.4. The fraction of sp³-hybridized carbons (Fsp3) is 0.807. The van der Waals surface area contributed by atoms with Crippen LogP contribution in [0.15, 0.2) is 48.6 Å². The van der Waals surface area contributed by atoms with E-state index < -0.39 is 6.10 Å². The highest BCUT2D eigenvalue weighted by atomic mass is 16.6. The Kier molecular flexibility index (Phi) is 49.8. The molecule has 0 saturated heterocycles. The van der Waals surface area contributed by atoms with Crippen LogP contribution in [-0.2, 0) is 28.6 Å². The Morgan fingerprint density at radius 2 is 0.571 bits per heavy atom. The molecule has 0 radical (unpaired) electrons. The fourth-order valence-electron chi connectivity index (χ4n) is 7.68. The van der Waals surface area contributed by atoms with Crippen LogP contribution < -0.4 is 0 Å². The maximum absolute atomic E-state index is 12.8. The first-order valence-corrected chi connectivity index (χ1v) is 27.1. The largest absolute Gasteiger partial charge is 0.462 e. The summed E-state index contributed by atoms with van der Waals surface area (Å²) >= 11 is 0. The Morgan fingerprint density at radius 3 is 0.937 bits per heavy atom. The zero-order valence-electron chi connectivity index (χ0n) is 41.8. The lowest BCUT2D eigenvalue weighted by Crippen LogP contribution is -2.30. The normalized spacial score (nSPS) is 12.4. The summed E-state index contributed by atoms with van der Waals surface area (Å²) < 4.78 is 16.8. The molecule has 0 bridgehead atoms. The SMILES string of the molecule is CCCCC/C=C\C/C=C\C/C=C\CCCCCCCCC(=O)OC[C@@H](COC(=O)CCCCCCC/C=C\CCCCC)OC(=O)CCCCCCCCCCCCCCCC. The average molecular weight is 883 g/mol. The van der Waals surface area contributed by atoms with Gasteiger partial charge in [0.15, 0.2) is 6.10 Å². The predicted octanol–water partition coefficient (Wildman–Crippen LogP) is 17.9. The molecule has 0 saturated carbocycles. The van der Waals surface area contributed by atoms with Crippen LogP contribution in [-0.4, -0.2) is 37.2 Å². The van der Waals surface area contributed by atoms with E-state index in [1.807, 2.05) is 0 Å². The number of rotatable bonds is 49. The summed E-state index contributed by atoms with van der Waals surface area (Å²) in [5.74, 6) is -0.890. The lowest BCUT2D eigenvalue weighted by atomic mass is 10.0.